The number of fused-ring (bicyclic) bond motifs is 1. The molecular formula is C36H43NO4. The number of aromatic hydroxyl groups is 2. The number of hydrogen-bond donors (Lipinski definition) is 2. The van der Waals surface area contributed by atoms with Crippen LogP contribution in [0.15, 0.2) is 65.7 Å². The third kappa shape index (κ3) is 8.56. The van der Waals surface area contributed by atoms with Crippen molar-refractivity contribution in [3.8, 4) is 28.4 Å². The first kappa shape index (κ1) is 30.1. The minimum atomic E-state index is 0.0824. The first-order valence-electron chi connectivity index (χ1n) is 15.0. The number of carbonyl (C=O) groups is 1. The van der Waals surface area contributed by atoms with Gasteiger partial charge in [-0.25, -0.2) is 0 Å². The number of carbonyl (C=O) groups excluding carboxylic acids is 1. The summed E-state index contributed by atoms with van der Waals surface area (Å²) in [5.41, 5.74) is 5.35. The number of aryl methyl sites for hydroxylation is 1. The summed E-state index contributed by atoms with van der Waals surface area (Å²) in [6.07, 6.45) is 12.8. The maximum atomic E-state index is 12.3. The molecule has 0 radical (unpaired) electrons. The second-order valence-corrected chi connectivity index (χ2v) is 11.3. The monoisotopic (exact) mass is 553 g/mol. The van der Waals surface area contributed by atoms with E-state index in [9.17, 15) is 15.0 Å². The predicted molar refractivity (Wildman–Crippen MR) is 166 cm³/mol. The summed E-state index contributed by atoms with van der Waals surface area (Å²) in [7, 11) is 0. The number of ether oxygens (including phenoxy) is 1. The fourth-order valence-corrected chi connectivity index (χ4v) is 5.26. The quantitative estimate of drug-likeness (QED) is 0.163. The number of phenolic OH excluding ortho intramolecular Hbond substituents is 2. The summed E-state index contributed by atoms with van der Waals surface area (Å²) >= 11 is 0. The van der Waals surface area contributed by atoms with Gasteiger partial charge in [0.25, 0.3) is 0 Å². The van der Waals surface area contributed by atoms with Crippen LogP contribution in [0.3, 0.4) is 0 Å². The molecule has 0 saturated carbocycles. The zero-order valence-electron chi connectivity index (χ0n) is 24.7. The van der Waals surface area contributed by atoms with Gasteiger partial charge >= 0.3 is 0 Å². The largest absolute Gasteiger partial charge is 0.508 e. The van der Waals surface area contributed by atoms with E-state index < -0.39 is 0 Å². The highest BCUT2D eigenvalue weighted by Crippen LogP contribution is 2.32. The molecule has 0 atom stereocenters. The van der Waals surface area contributed by atoms with Crippen LogP contribution in [0.25, 0.3) is 17.2 Å². The van der Waals surface area contributed by atoms with Gasteiger partial charge in [0.05, 0.1) is 18.5 Å². The smallest absolute Gasteiger partial charge is 0.161 e. The Morgan fingerprint density at radius 2 is 1.83 bits per heavy atom. The number of benzene rings is 3. The lowest BCUT2D eigenvalue weighted by Crippen LogP contribution is -2.23. The summed E-state index contributed by atoms with van der Waals surface area (Å²) in [6.45, 7) is 7.65. The molecule has 3 aromatic rings. The van der Waals surface area contributed by atoms with Gasteiger partial charge in [-0.2, -0.15) is 0 Å². The molecule has 5 heteroatoms. The molecule has 216 valence electrons. The fourth-order valence-electron chi connectivity index (χ4n) is 5.26. The summed E-state index contributed by atoms with van der Waals surface area (Å²) < 4.78 is 6.05. The minimum Gasteiger partial charge on any atom is -0.508 e. The van der Waals surface area contributed by atoms with E-state index in [4.69, 9.17) is 4.74 Å². The maximum absolute atomic E-state index is 12.3. The van der Waals surface area contributed by atoms with E-state index in [0.29, 0.717) is 44.1 Å². The van der Waals surface area contributed by atoms with Crippen LogP contribution < -0.4 is 15.3 Å². The normalized spacial score (nSPS) is 12.4. The number of nitrogens with zero attached hydrogens (tertiary/aromatic N) is 1. The Kier molecular flexibility index (Phi) is 10.8. The van der Waals surface area contributed by atoms with Crippen molar-refractivity contribution >= 4 is 11.9 Å². The van der Waals surface area contributed by atoms with Gasteiger partial charge in [-0.3, -0.25) is 9.79 Å². The van der Waals surface area contributed by atoms with Gasteiger partial charge in [-0.05, 0) is 107 Å². The van der Waals surface area contributed by atoms with Crippen molar-refractivity contribution in [3.05, 3.63) is 87.9 Å². The number of hydrogen-bond acceptors (Lipinski definition) is 5. The van der Waals surface area contributed by atoms with E-state index >= 15 is 0 Å². The lowest BCUT2D eigenvalue weighted by Gasteiger charge is -2.17. The van der Waals surface area contributed by atoms with Crippen LogP contribution in [0, 0.1) is 5.92 Å². The summed E-state index contributed by atoms with van der Waals surface area (Å²) in [5.74, 6) is 1.32. The Morgan fingerprint density at radius 3 is 2.63 bits per heavy atom. The van der Waals surface area contributed by atoms with Crippen molar-refractivity contribution < 1.29 is 19.7 Å². The Hall–Kier alpha value is -3.86. The lowest BCUT2D eigenvalue weighted by molar-refractivity contribution is -0.114. The van der Waals surface area contributed by atoms with Crippen molar-refractivity contribution in [3.63, 3.8) is 0 Å². The first-order valence-corrected chi connectivity index (χ1v) is 15.0. The molecule has 0 aliphatic carbocycles. The predicted octanol–water partition coefficient (Wildman–Crippen LogP) is 6.64. The van der Waals surface area contributed by atoms with Gasteiger partial charge in [0, 0.05) is 12.8 Å². The standard InChI is InChI=1S/C36H43NO4/c1-4-5-6-7-8-9-30(38)13-10-26-11-15-35(40)36(21-26)41-19-17-27-12-14-31(39)24-33(27)32-22-28-16-18-37-34(28)23-29(32)20-25(2)3/h8-9,11-12,14-16,21-25,39-40H,4-7,10,13,17-20H2,1-3H3. The van der Waals surface area contributed by atoms with Crippen LogP contribution in [0.5, 0.6) is 17.2 Å². The Labute approximate surface area is 243 Å². The van der Waals surface area contributed by atoms with E-state index in [1.807, 2.05) is 30.3 Å². The molecule has 0 fully saturated rings. The third-order valence-corrected chi connectivity index (χ3v) is 7.43. The average Bonchev–Trinajstić information content (AvgIpc) is 3.40. The lowest BCUT2D eigenvalue weighted by atomic mass is 9.89. The molecule has 1 aliphatic heterocycles. The topological polar surface area (TPSA) is 79.1 Å². The molecule has 41 heavy (non-hydrogen) atoms. The van der Waals surface area contributed by atoms with E-state index in [-0.39, 0.29) is 17.3 Å². The van der Waals surface area contributed by atoms with E-state index in [1.165, 1.54) is 18.4 Å². The molecule has 0 amide bonds. The molecule has 0 bridgehead atoms. The molecule has 1 heterocycles. The molecule has 4 rings (SSSR count). The highest BCUT2D eigenvalue weighted by molar-refractivity contribution is 5.89. The first-order chi connectivity index (χ1) is 19.8. The SMILES string of the molecule is CCCCCC=CC(=O)CCc1ccc(O)c(OCCc2ccc(O)cc2-c2cc3c(cc2CC(C)C)=NCC=3)c1. The average molecular weight is 554 g/mol. The molecule has 2 N–H and O–H groups in total. The van der Waals surface area contributed by atoms with E-state index in [2.05, 4.69) is 44.0 Å². The number of rotatable bonds is 15. The van der Waals surface area contributed by atoms with Gasteiger partial charge in [-0.15, -0.1) is 0 Å². The number of phenols is 2. The van der Waals surface area contributed by atoms with Crippen molar-refractivity contribution in [2.45, 2.75) is 72.1 Å². The number of ketones is 1. The molecule has 0 saturated heterocycles. The Bertz CT molecular complexity index is 1500. The zero-order valence-corrected chi connectivity index (χ0v) is 24.7. The molecule has 0 aromatic heterocycles. The molecule has 0 spiro atoms. The molecule has 1 aliphatic rings. The highest BCUT2D eigenvalue weighted by Gasteiger charge is 2.15. The minimum absolute atomic E-state index is 0.0824. The number of allylic oxidation sites excluding steroid dienone is 2. The molecule has 0 unspecified atom stereocenters. The van der Waals surface area contributed by atoms with Crippen LogP contribution in [0.4, 0.5) is 0 Å². The van der Waals surface area contributed by atoms with Crippen molar-refractivity contribution in [1.29, 1.82) is 0 Å². The number of unbranched alkanes of at least 4 members (excludes halogenated alkanes) is 3. The highest BCUT2D eigenvalue weighted by atomic mass is 16.5. The molecule has 3 aromatic carbocycles. The Morgan fingerprint density at radius 1 is 1.00 bits per heavy atom. The molecule has 5 nitrogen and oxygen atoms in total. The summed E-state index contributed by atoms with van der Waals surface area (Å²) in [4.78, 5) is 16.9. The van der Waals surface area contributed by atoms with Crippen LogP contribution >= 0.6 is 0 Å². The molecular weight excluding hydrogens is 510 g/mol. The second-order valence-electron chi connectivity index (χ2n) is 11.3. The van der Waals surface area contributed by atoms with Gasteiger partial charge in [0.1, 0.15) is 5.75 Å². The summed E-state index contributed by atoms with van der Waals surface area (Å²) in [6, 6.07) is 15.2. The van der Waals surface area contributed by atoms with Gasteiger partial charge < -0.3 is 14.9 Å². The third-order valence-electron chi connectivity index (χ3n) is 7.43. The van der Waals surface area contributed by atoms with Crippen LogP contribution in [-0.4, -0.2) is 29.1 Å². The van der Waals surface area contributed by atoms with Gasteiger partial charge in [0.15, 0.2) is 17.3 Å². The van der Waals surface area contributed by atoms with Crippen LogP contribution in [-0.2, 0) is 24.1 Å². The van der Waals surface area contributed by atoms with Crippen LogP contribution in [0.2, 0.25) is 0 Å². The van der Waals surface area contributed by atoms with Crippen LogP contribution in [0.1, 0.15) is 69.6 Å². The van der Waals surface area contributed by atoms with E-state index in [0.717, 1.165) is 52.1 Å². The Balaban J connectivity index is 1.44. The van der Waals surface area contributed by atoms with Gasteiger partial charge in [-0.1, -0.05) is 57.9 Å². The summed E-state index contributed by atoms with van der Waals surface area (Å²) in [5, 5.41) is 23.0. The maximum Gasteiger partial charge on any atom is 0.161 e. The second kappa shape index (κ2) is 14.7. The van der Waals surface area contributed by atoms with Crippen molar-refractivity contribution in [2.24, 2.45) is 10.9 Å². The van der Waals surface area contributed by atoms with E-state index in [1.54, 1.807) is 18.2 Å². The van der Waals surface area contributed by atoms with Gasteiger partial charge in [0.2, 0.25) is 0 Å². The fraction of sp³-hybridized carbons (Fsp3) is 0.389. The van der Waals surface area contributed by atoms with Crippen molar-refractivity contribution in [1.82, 2.24) is 0 Å². The van der Waals surface area contributed by atoms with Crippen molar-refractivity contribution in [2.75, 3.05) is 13.2 Å². The zero-order chi connectivity index (χ0) is 29.2.